The predicted molar refractivity (Wildman–Crippen MR) is 82.0 cm³/mol. The Labute approximate surface area is 119 Å². The van der Waals surface area contributed by atoms with Crippen molar-refractivity contribution in [2.45, 2.75) is 89.8 Å². The van der Waals surface area contributed by atoms with E-state index in [9.17, 15) is 5.11 Å². The minimum absolute atomic E-state index is 0.0535. The van der Waals surface area contributed by atoms with Crippen molar-refractivity contribution >= 4 is 8.32 Å². The molecule has 1 saturated heterocycles. The molecule has 0 aromatic heterocycles. The van der Waals surface area contributed by atoms with Crippen molar-refractivity contribution in [2.75, 3.05) is 6.61 Å². The molecular weight excluding hydrogens is 256 g/mol. The Morgan fingerprint density at radius 3 is 2.47 bits per heavy atom. The number of hydrogen-bond donors (Lipinski definition) is 1. The summed E-state index contributed by atoms with van der Waals surface area (Å²) in [5.74, 6) is 0. The molecule has 0 aromatic rings. The first-order valence-electron chi connectivity index (χ1n) is 7.61. The van der Waals surface area contributed by atoms with Gasteiger partial charge in [0.05, 0.1) is 18.3 Å². The van der Waals surface area contributed by atoms with Crippen LogP contribution in [0, 0.1) is 0 Å². The molecule has 1 aliphatic rings. The molecule has 0 unspecified atom stereocenters. The molecule has 114 valence electrons. The molecule has 0 aromatic carbocycles. The molecule has 1 aliphatic heterocycles. The molecule has 0 saturated carbocycles. The number of ether oxygens (including phenoxy) is 1. The van der Waals surface area contributed by atoms with E-state index in [2.05, 4.69) is 40.8 Å². The highest BCUT2D eigenvalue weighted by Gasteiger charge is 2.37. The van der Waals surface area contributed by atoms with Gasteiger partial charge in [0.1, 0.15) is 0 Å². The van der Waals surface area contributed by atoms with Crippen molar-refractivity contribution in [3.63, 3.8) is 0 Å². The summed E-state index contributed by atoms with van der Waals surface area (Å²) in [6, 6.07) is 0. The van der Waals surface area contributed by atoms with E-state index in [-0.39, 0.29) is 23.4 Å². The Balaban J connectivity index is 2.43. The zero-order valence-electron chi connectivity index (χ0n) is 13.5. The average molecular weight is 289 g/mol. The fourth-order valence-corrected chi connectivity index (χ4v) is 3.23. The van der Waals surface area contributed by atoms with E-state index in [1.54, 1.807) is 0 Å². The standard InChI is InChI=1S/C15H32O3Si/c1-12-8-7-9-13(16)14(18-12)10-11-17-19(5,6)15(2,3)4/h12-14,16H,7-11H2,1-6H3/t12-,13+,14+/m0/s1. The first kappa shape index (κ1) is 17.1. The van der Waals surface area contributed by atoms with Gasteiger partial charge in [-0.15, -0.1) is 0 Å². The molecule has 1 N–H and O–H groups in total. The van der Waals surface area contributed by atoms with Gasteiger partial charge < -0.3 is 14.3 Å². The van der Waals surface area contributed by atoms with Crippen LogP contribution in [0.3, 0.4) is 0 Å². The third-order valence-electron chi connectivity index (χ3n) is 4.62. The van der Waals surface area contributed by atoms with Crippen LogP contribution in [0.5, 0.6) is 0 Å². The van der Waals surface area contributed by atoms with E-state index in [1.165, 1.54) is 0 Å². The summed E-state index contributed by atoms with van der Waals surface area (Å²) in [7, 11) is -1.68. The van der Waals surface area contributed by atoms with Crippen LogP contribution in [0.4, 0.5) is 0 Å². The highest BCUT2D eigenvalue weighted by Crippen LogP contribution is 2.36. The quantitative estimate of drug-likeness (QED) is 0.801. The van der Waals surface area contributed by atoms with Crippen LogP contribution in [0.25, 0.3) is 0 Å². The zero-order chi connectivity index (χ0) is 14.7. The van der Waals surface area contributed by atoms with Crippen molar-refractivity contribution in [2.24, 2.45) is 0 Å². The van der Waals surface area contributed by atoms with Gasteiger partial charge in [0.2, 0.25) is 0 Å². The van der Waals surface area contributed by atoms with Gasteiger partial charge in [0.25, 0.3) is 0 Å². The lowest BCUT2D eigenvalue weighted by molar-refractivity contribution is -0.0666. The van der Waals surface area contributed by atoms with Crippen molar-refractivity contribution in [3.05, 3.63) is 0 Å². The maximum absolute atomic E-state index is 10.1. The van der Waals surface area contributed by atoms with Gasteiger partial charge in [-0.3, -0.25) is 0 Å². The topological polar surface area (TPSA) is 38.7 Å². The summed E-state index contributed by atoms with van der Waals surface area (Å²) < 4.78 is 12.1. The zero-order valence-corrected chi connectivity index (χ0v) is 14.5. The lowest BCUT2D eigenvalue weighted by Crippen LogP contribution is -2.42. The molecule has 0 spiro atoms. The van der Waals surface area contributed by atoms with Gasteiger partial charge in [0, 0.05) is 6.61 Å². The molecular formula is C15H32O3Si. The normalized spacial score (nSPS) is 30.2. The van der Waals surface area contributed by atoms with Crippen LogP contribution in [0.2, 0.25) is 18.1 Å². The lowest BCUT2D eigenvalue weighted by atomic mass is 10.1. The fraction of sp³-hybridized carbons (Fsp3) is 1.00. The Kier molecular flexibility index (Phi) is 6.05. The van der Waals surface area contributed by atoms with Crippen LogP contribution in [-0.2, 0) is 9.16 Å². The van der Waals surface area contributed by atoms with E-state index in [1.807, 2.05) is 0 Å². The van der Waals surface area contributed by atoms with Gasteiger partial charge in [-0.2, -0.15) is 0 Å². The Morgan fingerprint density at radius 2 is 1.89 bits per heavy atom. The van der Waals surface area contributed by atoms with E-state index < -0.39 is 8.32 Å². The first-order chi connectivity index (χ1) is 8.63. The molecule has 3 nitrogen and oxygen atoms in total. The highest BCUT2D eigenvalue weighted by atomic mass is 28.4. The number of aliphatic hydroxyl groups excluding tert-OH is 1. The molecule has 4 heteroatoms. The summed E-state index contributed by atoms with van der Waals surface area (Å²) in [4.78, 5) is 0. The molecule has 0 aliphatic carbocycles. The SMILES string of the molecule is C[C@H]1CCC[C@@H](O)[C@@H](CCO[Si](C)(C)C(C)(C)C)O1. The van der Waals surface area contributed by atoms with Gasteiger partial charge in [-0.05, 0) is 50.7 Å². The number of hydrogen-bond acceptors (Lipinski definition) is 3. The lowest BCUT2D eigenvalue weighted by Gasteiger charge is -2.36. The molecule has 3 atom stereocenters. The van der Waals surface area contributed by atoms with Gasteiger partial charge in [-0.25, -0.2) is 0 Å². The molecule has 19 heavy (non-hydrogen) atoms. The highest BCUT2D eigenvalue weighted by molar-refractivity contribution is 6.74. The number of aliphatic hydroxyl groups is 1. The van der Waals surface area contributed by atoms with Crippen LogP contribution < -0.4 is 0 Å². The van der Waals surface area contributed by atoms with E-state index in [0.717, 1.165) is 25.7 Å². The Morgan fingerprint density at radius 1 is 1.26 bits per heavy atom. The van der Waals surface area contributed by atoms with Gasteiger partial charge in [0.15, 0.2) is 8.32 Å². The second-order valence-electron chi connectivity index (χ2n) is 7.38. The van der Waals surface area contributed by atoms with Gasteiger partial charge in [-0.1, -0.05) is 20.8 Å². The molecule has 0 radical (unpaired) electrons. The van der Waals surface area contributed by atoms with Crippen LogP contribution in [0.15, 0.2) is 0 Å². The average Bonchev–Trinajstić information content (AvgIpc) is 2.39. The maximum Gasteiger partial charge on any atom is 0.191 e. The van der Waals surface area contributed by atoms with Crippen LogP contribution >= 0.6 is 0 Å². The summed E-state index contributed by atoms with van der Waals surface area (Å²) in [6.07, 6.45) is 3.65. The summed E-state index contributed by atoms with van der Waals surface area (Å²) in [5.41, 5.74) is 0. The van der Waals surface area contributed by atoms with E-state index >= 15 is 0 Å². The van der Waals surface area contributed by atoms with Crippen LogP contribution in [0.1, 0.15) is 53.4 Å². The minimum atomic E-state index is -1.68. The molecule has 1 heterocycles. The van der Waals surface area contributed by atoms with E-state index in [0.29, 0.717) is 6.61 Å². The monoisotopic (exact) mass is 288 g/mol. The van der Waals surface area contributed by atoms with Crippen LogP contribution in [-0.4, -0.2) is 38.3 Å². The molecule has 0 bridgehead atoms. The third kappa shape index (κ3) is 5.18. The molecule has 1 rings (SSSR count). The van der Waals surface area contributed by atoms with Gasteiger partial charge >= 0.3 is 0 Å². The number of rotatable bonds is 4. The van der Waals surface area contributed by atoms with Crippen molar-refractivity contribution in [1.82, 2.24) is 0 Å². The molecule has 0 amide bonds. The predicted octanol–water partition coefficient (Wildman–Crippen LogP) is 3.72. The minimum Gasteiger partial charge on any atom is -0.417 e. The maximum atomic E-state index is 10.1. The smallest absolute Gasteiger partial charge is 0.191 e. The summed E-state index contributed by atoms with van der Waals surface area (Å²) in [5, 5.41) is 10.3. The van der Waals surface area contributed by atoms with Crippen molar-refractivity contribution in [3.8, 4) is 0 Å². The van der Waals surface area contributed by atoms with Crippen molar-refractivity contribution < 1.29 is 14.3 Å². The second-order valence-corrected chi connectivity index (χ2v) is 12.2. The Hall–Kier alpha value is 0.0969. The first-order valence-corrected chi connectivity index (χ1v) is 10.5. The molecule has 1 fully saturated rings. The third-order valence-corrected chi connectivity index (χ3v) is 9.16. The second kappa shape index (κ2) is 6.70. The summed E-state index contributed by atoms with van der Waals surface area (Å²) >= 11 is 0. The largest absolute Gasteiger partial charge is 0.417 e. The summed E-state index contributed by atoms with van der Waals surface area (Å²) in [6.45, 7) is 14.1. The fourth-order valence-electron chi connectivity index (χ4n) is 2.16. The Bertz CT molecular complexity index is 273. The van der Waals surface area contributed by atoms with Crippen molar-refractivity contribution in [1.29, 1.82) is 0 Å². The van der Waals surface area contributed by atoms with E-state index in [4.69, 9.17) is 9.16 Å².